The summed E-state index contributed by atoms with van der Waals surface area (Å²) in [4.78, 5) is 41.1. The fourth-order valence-electron chi connectivity index (χ4n) is 7.28. The second-order valence-corrected chi connectivity index (χ2v) is 12.7. The Bertz CT molecular complexity index is 1760. The second kappa shape index (κ2) is 16.7. The Morgan fingerprint density at radius 1 is 0.820 bits per heavy atom. The van der Waals surface area contributed by atoms with Crippen molar-refractivity contribution in [1.29, 1.82) is 0 Å². The third-order valence-electron chi connectivity index (χ3n) is 9.67. The number of aryl methyl sites for hydroxylation is 1. The number of unbranched alkanes of at least 4 members (excludes halogenated alkanes) is 2. The highest BCUT2D eigenvalue weighted by Crippen LogP contribution is 2.50. The number of hydrogen-bond donors (Lipinski definition) is 2. The molecule has 0 bridgehead atoms. The largest absolute Gasteiger partial charge is 0.497 e. The average Bonchev–Trinajstić information content (AvgIpc) is 3.50. The first kappa shape index (κ1) is 36.4. The van der Waals surface area contributed by atoms with E-state index in [-0.39, 0.29) is 29.3 Å². The Hall–Kier alpha value is -4.93. The molecule has 2 N–H and O–H groups in total. The van der Waals surface area contributed by atoms with Crippen LogP contribution in [0, 0.1) is 0 Å². The summed E-state index contributed by atoms with van der Waals surface area (Å²) in [5.41, 5.74) is 4.58. The van der Waals surface area contributed by atoms with Gasteiger partial charge in [0.2, 0.25) is 23.0 Å². The Kier molecular flexibility index (Phi) is 12.1. The van der Waals surface area contributed by atoms with Crippen molar-refractivity contribution in [3.63, 3.8) is 0 Å². The molecule has 2 aliphatic rings. The van der Waals surface area contributed by atoms with Gasteiger partial charge in [0, 0.05) is 43.6 Å². The predicted molar refractivity (Wildman–Crippen MR) is 193 cm³/mol. The van der Waals surface area contributed by atoms with Gasteiger partial charge in [-0.3, -0.25) is 14.4 Å². The molecular weight excluding hydrogens is 638 g/mol. The number of benzene rings is 2. The third kappa shape index (κ3) is 7.77. The van der Waals surface area contributed by atoms with Gasteiger partial charge in [-0.1, -0.05) is 12.5 Å². The van der Waals surface area contributed by atoms with Gasteiger partial charge in [-0.05, 0) is 85.5 Å². The molecule has 3 aromatic carbocycles. The molecule has 5 rings (SSSR count). The van der Waals surface area contributed by atoms with Crippen LogP contribution in [0.4, 0.5) is 5.69 Å². The van der Waals surface area contributed by atoms with Crippen molar-refractivity contribution in [2.75, 3.05) is 54.0 Å². The number of methoxy groups -OCH3 is 5. The number of nitrogens with one attached hydrogen (secondary N) is 2. The third-order valence-corrected chi connectivity index (χ3v) is 9.67. The molecule has 3 aromatic rings. The van der Waals surface area contributed by atoms with E-state index in [1.807, 2.05) is 35.2 Å². The molecule has 1 unspecified atom stereocenters. The number of hydrogen-bond acceptors (Lipinski definition) is 9. The maximum Gasteiger partial charge on any atom is 0.223 e. The second-order valence-electron chi connectivity index (χ2n) is 12.7. The van der Waals surface area contributed by atoms with Gasteiger partial charge in [0.05, 0.1) is 53.3 Å². The number of ether oxygens (including phenoxy) is 5. The van der Waals surface area contributed by atoms with Gasteiger partial charge in [-0.25, -0.2) is 0 Å². The van der Waals surface area contributed by atoms with Crippen LogP contribution in [0.2, 0.25) is 0 Å². The number of fused-ring (bicyclic) bond motifs is 3. The molecule has 0 radical (unpaired) electrons. The monoisotopic (exact) mass is 687 g/mol. The van der Waals surface area contributed by atoms with Crippen LogP contribution >= 0.6 is 0 Å². The van der Waals surface area contributed by atoms with Gasteiger partial charge in [0.15, 0.2) is 11.5 Å². The van der Waals surface area contributed by atoms with Crippen molar-refractivity contribution in [1.82, 2.24) is 10.2 Å². The highest BCUT2D eigenvalue weighted by molar-refractivity contribution is 5.84. The van der Waals surface area contributed by atoms with E-state index < -0.39 is 0 Å². The number of rotatable bonds is 14. The number of amides is 2. The summed E-state index contributed by atoms with van der Waals surface area (Å²) in [5, 5.41) is 6.36. The van der Waals surface area contributed by atoms with E-state index >= 15 is 0 Å². The van der Waals surface area contributed by atoms with Crippen LogP contribution in [0.5, 0.6) is 28.7 Å². The van der Waals surface area contributed by atoms with Gasteiger partial charge in [0.1, 0.15) is 11.5 Å². The summed E-state index contributed by atoms with van der Waals surface area (Å²) < 4.78 is 28.1. The van der Waals surface area contributed by atoms with Crippen LogP contribution in [0.25, 0.3) is 11.1 Å². The molecule has 1 aliphatic heterocycles. The van der Waals surface area contributed by atoms with E-state index in [0.29, 0.717) is 54.3 Å². The molecule has 0 aromatic heterocycles. The first-order chi connectivity index (χ1) is 24.2. The van der Waals surface area contributed by atoms with Crippen molar-refractivity contribution in [2.24, 2.45) is 0 Å². The molecule has 2 amide bonds. The SMILES string of the molecule is COc1ccc(C2CCCN2C(=O)CCCCCNc2ccc3c(cc2=O)[C@@H](NC(C)=O)CCc2cc(OC)c(OC)c(OC)c2-3)c(OC)c1. The van der Waals surface area contributed by atoms with Crippen LogP contribution in [0.15, 0.2) is 47.3 Å². The van der Waals surface area contributed by atoms with E-state index in [4.69, 9.17) is 23.7 Å². The lowest BCUT2D eigenvalue weighted by Gasteiger charge is -2.26. The summed E-state index contributed by atoms with van der Waals surface area (Å²) in [6.07, 6.45) is 5.93. The lowest BCUT2D eigenvalue weighted by molar-refractivity contribution is -0.132. The van der Waals surface area contributed by atoms with E-state index in [1.165, 1.54) is 6.92 Å². The number of carbonyl (C=O) groups excluding carboxylic acids is 2. The zero-order valence-electron chi connectivity index (χ0n) is 30.0. The molecule has 2 atom stereocenters. The van der Waals surface area contributed by atoms with E-state index in [0.717, 1.165) is 72.4 Å². The molecule has 0 spiro atoms. The lowest BCUT2D eigenvalue weighted by Crippen LogP contribution is -2.30. The van der Waals surface area contributed by atoms with Gasteiger partial charge in [-0.2, -0.15) is 0 Å². The topological polar surface area (TPSA) is 125 Å². The van der Waals surface area contributed by atoms with Crippen molar-refractivity contribution in [2.45, 2.75) is 70.4 Å². The number of anilines is 1. The fourth-order valence-corrected chi connectivity index (χ4v) is 7.28. The Balaban J connectivity index is 1.26. The molecule has 1 saturated heterocycles. The summed E-state index contributed by atoms with van der Waals surface area (Å²) >= 11 is 0. The fraction of sp³-hybridized carbons (Fsp3) is 0.462. The smallest absolute Gasteiger partial charge is 0.223 e. The molecule has 1 heterocycles. The van der Waals surface area contributed by atoms with Gasteiger partial charge < -0.3 is 39.2 Å². The molecule has 50 heavy (non-hydrogen) atoms. The minimum absolute atomic E-state index is 0.00488. The molecule has 0 saturated carbocycles. The summed E-state index contributed by atoms with van der Waals surface area (Å²) in [7, 11) is 7.99. The van der Waals surface area contributed by atoms with Crippen LogP contribution in [0.3, 0.4) is 0 Å². The minimum atomic E-state index is -0.372. The molecular formula is C39H49N3O8. The minimum Gasteiger partial charge on any atom is -0.497 e. The standard InChI is InChI=1S/C39H49N3O8/c1-24(43)41-30-17-13-25-21-35(48-4)38(49-5)39(50-6)37(25)27-16-18-31(33(44)23-29(27)30)40-19-9-7-8-12-36(45)42-20-10-11-32(42)28-15-14-26(46-2)22-34(28)47-3/h14-16,18,21-23,30,32H,7-13,17,19-20H2,1-6H3,(H,40,44)(H,41,43)/t30-,32?/m0/s1. The highest BCUT2D eigenvalue weighted by Gasteiger charge is 2.32. The first-order valence-corrected chi connectivity index (χ1v) is 17.3. The van der Waals surface area contributed by atoms with E-state index in [1.54, 1.807) is 47.7 Å². The number of likely N-dealkylation sites (tertiary alicyclic amines) is 1. The Morgan fingerprint density at radius 2 is 1.60 bits per heavy atom. The Morgan fingerprint density at radius 3 is 2.30 bits per heavy atom. The molecule has 1 aliphatic carbocycles. The van der Waals surface area contributed by atoms with Crippen molar-refractivity contribution < 1.29 is 33.3 Å². The first-order valence-electron chi connectivity index (χ1n) is 17.3. The Labute approximate surface area is 294 Å². The van der Waals surface area contributed by atoms with Crippen LogP contribution < -0.4 is 39.7 Å². The maximum absolute atomic E-state index is 13.6. The normalized spacial score (nSPS) is 16.4. The van der Waals surface area contributed by atoms with Crippen molar-refractivity contribution >= 4 is 17.5 Å². The lowest BCUT2D eigenvalue weighted by atomic mass is 9.95. The molecule has 11 nitrogen and oxygen atoms in total. The quantitative estimate of drug-likeness (QED) is 0.190. The molecule has 11 heteroatoms. The maximum atomic E-state index is 13.6. The van der Waals surface area contributed by atoms with Gasteiger partial charge >= 0.3 is 0 Å². The molecule has 268 valence electrons. The van der Waals surface area contributed by atoms with E-state index in [2.05, 4.69) is 10.6 Å². The van der Waals surface area contributed by atoms with Crippen molar-refractivity contribution in [3.8, 4) is 39.9 Å². The van der Waals surface area contributed by atoms with Crippen LogP contribution in [0.1, 0.15) is 80.6 Å². The summed E-state index contributed by atoms with van der Waals surface area (Å²) in [6.45, 7) is 2.79. The highest BCUT2D eigenvalue weighted by atomic mass is 16.5. The summed E-state index contributed by atoms with van der Waals surface area (Å²) in [5.74, 6) is 2.95. The number of nitrogens with zero attached hydrogens (tertiary/aromatic N) is 1. The molecule has 1 fully saturated rings. The average molecular weight is 688 g/mol. The van der Waals surface area contributed by atoms with Crippen LogP contribution in [-0.2, 0) is 16.0 Å². The summed E-state index contributed by atoms with van der Waals surface area (Å²) in [6, 6.07) is 12.7. The van der Waals surface area contributed by atoms with Gasteiger partial charge in [-0.15, -0.1) is 0 Å². The zero-order chi connectivity index (χ0) is 35.8. The van der Waals surface area contributed by atoms with Crippen molar-refractivity contribution in [3.05, 3.63) is 69.4 Å². The predicted octanol–water partition coefficient (Wildman–Crippen LogP) is 6.22. The zero-order valence-corrected chi connectivity index (χ0v) is 30.0. The van der Waals surface area contributed by atoms with E-state index in [9.17, 15) is 14.4 Å². The van der Waals surface area contributed by atoms with Gasteiger partial charge in [0.25, 0.3) is 0 Å². The number of carbonyl (C=O) groups is 2. The van der Waals surface area contributed by atoms with Crippen LogP contribution in [-0.4, -0.2) is 65.4 Å².